The number of alkyl halides is 3. The summed E-state index contributed by atoms with van der Waals surface area (Å²) in [6.45, 7) is 2.09. The first-order chi connectivity index (χ1) is 15.2. The number of nitrogens with two attached hydrogens (primary N) is 1. The molecular weight excluding hydrogens is 420 g/mol. The van der Waals surface area contributed by atoms with Crippen LogP contribution < -0.4 is 5.73 Å². The van der Waals surface area contributed by atoms with E-state index >= 15 is 0 Å². The molecule has 0 bridgehead atoms. The number of amides is 1. The molecule has 0 fully saturated rings. The Bertz CT molecular complexity index is 1320. The average Bonchev–Trinajstić information content (AvgIpc) is 3.06. The summed E-state index contributed by atoms with van der Waals surface area (Å²) in [5, 5.41) is 1.27. The monoisotopic (exact) mass is 441 g/mol. The molecule has 4 rings (SSSR count). The van der Waals surface area contributed by atoms with Gasteiger partial charge in [0.2, 0.25) is 5.91 Å². The predicted octanol–water partition coefficient (Wildman–Crippen LogP) is 6.24. The molecule has 1 heterocycles. The Labute approximate surface area is 182 Å². The molecule has 0 saturated carbocycles. The van der Waals surface area contributed by atoms with Crippen molar-refractivity contribution in [3.05, 3.63) is 82.7 Å². The lowest BCUT2D eigenvalue weighted by molar-refractivity contribution is -0.137. The van der Waals surface area contributed by atoms with E-state index in [-0.39, 0.29) is 12.1 Å². The normalized spacial score (nSPS) is 12.0. The first-order valence-corrected chi connectivity index (χ1v) is 10.3. The zero-order valence-corrected chi connectivity index (χ0v) is 17.4. The molecule has 3 nitrogen and oxygen atoms in total. The van der Waals surface area contributed by atoms with Crippen molar-refractivity contribution in [2.75, 3.05) is 0 Å². The van der Waals surface area contributed by atoms with Crippen molar-refractivity contribution in [3.63, 3.8) is 0 Å². The van der Waals surface area contributed by atoms with Crippen LogP contribution >= 0.6 is 0 Å². The highest BCUT2D eigenvalue weighted by Gasteiger charge is 2.31. The SMILES string of the molecule is CCCCc1c[c]c2c3c(C(N)=O)cccc3n(Cc3ccc(C(F)(F)F)cc3F)c2c1. The van der Waals surface area contributed by atoms with Crippen LogP contribution in [0.5, 0.6) is 0 Å². The molecule has 3 aromatic carbocycles. The number of fused-ring (bicyclic) bond motifs is 3. The summed E-state index contributed by atoms with van der Waals surface area (Å²) in [6, 6.07) is 14.7. The highest BCUT2D eigenvalue weighted by Crippen LogP contribution is 2.34. The third-order valence-electron chi connectivity index (χ3n) is 5.65. The quantitative estimate of drug-likeness (QED) is 0.354. The zero-order chi connectivity index (χ0) is 23.0. The second-order valence-corrected chi connectivity index (χ2v) is 7.83. The van der Waals surface area contributed by atoms with Crippen molar-refractivity contribution in [2.24, 2.45) is 5.73 Å². The molecule has 0 saturated heterocycles. The highest BCUT2D eigenvalue weighted by atomic mass is 19.4. The van der Waals surface area contributed by atoms with Gasteiger partial charge in [-0.15, -0.1) is 0 Å². The number of aromatic nitrogens is 1. The molecule has 1 aromatic heterocycles. The van der Waals surface area contributed by atoms with Gasteiger partial charge in [-0.05, 0) is 54.8 Å². The first-order valence-electron chi connectivity index (χ1n) is 10.3. The Morgan fingerprint density at radius 3 is 2.56 bits per heavy atom. The summed E-state index contributed by atoms with van der Waals surface area (Å²) >= 11 is 0. The maximum absolute atomic E-state index is 14.6. The molecule has 1 radical (unpaired) electrons. The zero-order valence-electron chi connectivity index (χ0n) is 17.4. The molecule has 4 aromatic rings. The Balaban J connectivity index is 1.92. The Morgan fingerprint density at radius 1 is 1.12 bits per heavy atom. The molecule has 0 unspecified atom stereocenters. The number of rotatable bonds is 6. The van der Waals surface area contributed by atoms with E-state index in [0.717, 1.165) is 42.5 Å². The summed E-state index contributed by atoms with van der Waals surface area (Å²) in [5.74, 6) is -1.54. The number of carbonyl (C=O) groups is 1. The van der Waals surface area contributed by atoms with Gasteiger partial charge in [0.15, 0.2) is 0 Å². The van der Waals surface area contributed by atoms with Crippen molar-refractivity contribution < 1.29 is 22.4 Å². The molecule has 0 aliphatic heterocycles. The Kier molecular flexibility index (Phi) is 5.67. The minimum atomic E-state index is -4.62. The van der Waals surface area contributed by atoms with E-state index in [1.807, 2.05) is 12.1 Å². The van der Waals surface area contributed by atoms with E-state index in [1.54, 1.807) is 22.8 Å². The molecular formula is C25H21F4N2O. The fourth-order valence-electron chi connectivity index (χ4n) is 4.02. The summed E-state index contributed by atoms with van der Waals surface area (Å²) in [7, 11) is 0. The van der Waals surface area contributed by atoms with Crippen LogP contribution in [0.15, 0.2) is 48.5 Å². The number of hydrogen-bond acceptors (Lipinski definition) is 1. The molecule has 7 heteroatoms. The van der Waals surface area contributed by atoms with Gasteiger partial charge in [0, 0.05) is 21.9 Å². The molecule has 1 amide bonds. The van der Waals surface area contributed by atoms with Gasteiger partial charge in [-0.1, -0.05) is 31.5 Å². The largest absolute Gasteiger partial charge is 0.416 e. The van der Waals surface area contributed by atoms with E-state index in [9.17, 15) is 22.4 Å². The summed E-state index contributed by atoms with van der Waals surface area (Å²) in [6.07, 6.45) is -1.78. The number of aryl methyl sites for hydroxylation is 1. The Hall–Kier alpha value is -3.35. The number of hydrogen-bond donors (Lipinski definition) is 1. The molecule has 0 atom stereocenters. The molecule has 165 valence electrons. The number of unbranched alkanes of at least 4 members (excludes halogenated alkanes) is 1. The molecule has 2 N–H and O–H groups in total. The van der Waals surface area contributed by atoms with Crippen LogP contribution in [0.25, 0.3) is 21.8 Å². The molecule has 0 aliphatic rings. The van der Waals surface area contributed by atoms with Crippen molar-refractivity contribution >= 4 is 27.7 Å². The number of benzene rings is 3. The van der Waals surface area contributed by atoms with Gasteiger partial charge in [0.25, 0.3) is 0 Å². The number of carbonyl (C=O) groups excluding carboxylic acids is 1. The lowest BCUT2D eigenvalue weighted by atomic mass is 10.0. The van der Waals surface area contributed by atoms with Crippen LogP contribution in [0.3, 0.4) is 0 Å². The standard InChI is InChI=1S/C25H21F4N2O/c1-2-3-5-15-8-11-18-22(12-15)31(21-7-4-6-19(23(18)21)24(30)32)14-16-9-10-17(13-20(16)26)25(27,28)29/h4,6-10,12-13H,2-3,5,14H2,1H3,(H2,30,32). The third-order valence-corrected chi connectivity index (χ3v) is 5.65. The fraction of sp³-hybridized carbons (Fsp3) is 0.240. The lowest BCUT2D eigenvalue weighted by Crippen LogP contribution is -2.11. The molecule has 32 heavy (non-hydrogen) atoms. The number of halogens is 4. The third kappa shape index (κ3) is 3.95. The average molecular weight is 441 g/mol. The predicted molar refractivity (Wildman–Crippen MR) is 116 cm³/mol. The second kappa shape index (κ2) is 8.30. The number of primary amides is 1. The van der Waals surface area contributed by atoms with Gasteiger partial charge < -0.3 is 10.3 Å². The second-order valence-electron chi connectivity index (χ2n) is 7.83. The summed E-state index contributed by atoms with van der Waals surface area (Å²) in [4.78, 5) is 12.1. The van der Waals surface area contributed by atoms with Crippen LogP contribution in [0.4, 0.5) is 17.6 Å². The van der Waals surface area contributed by atoms with Crippen LogP contribution in [0.1, 0.15) is 46.8 Å². The lowest BCUT2D eigenvalue weighted by Gasteiger charge is -2.12. The van der Waals surface area contributed by atoms with Gasteiger partial charge >= 0.3 is 6.18 Å². The minimum absolute atomic E-state index is 0.00272. The first kappa shape index (κ1) is 21.9. The van der Waals surface area contributed by atoms with Crippen molar-refractivity contribution in [1.82, 2.24) is 4.57 Å². The van der Waals surface area contributed by atoms with E-state index in [4.69, 9.17) is 5.73 Å². The summed E-state index contributed by atoms with van der Waals surface area (Å²) < 4.78 is 55.3. The fourth-order valence-corrected chi connectivity index (χ4v) is 4.02. The Morgan fingerprint density at radius 2 is 1.91 bits per heavy atom. The van der Waals surface area contributed by atoms with Gasteiger partial charge in [0.1, 0.15) is 5.82 Å². The van der Waals surface area contributed by atoms with Crippen LogP contribution in [-0.2, 0) is 19.1 Å². The van der Waals surface area contributed by atoms with Crippen molar-refractivity contribution in [3.8, 4) is 0 Å². The van der Waals surface area contributed by atoms with Crippen molar-refractivity contribution in [1.29, 1.82) is 0 Å². The molecule has 0 aliphatic carbocycles. The smallest absolute Gasteiger partial charge is 0.366 e. The van der Waals surface area contributed by atoms with Crippen LogP contribution in [-0.4, -0.2) is 10.5 Å². The van der Waals surface area contributed by atoms with E-state index in [1.165, 1.54) is 0 Å². The topological polar surface area (TPSA) is 48.0 Å². The maximum Gasteiger partial charge on any atom is 0.416 e. The van der Waals surface area contributed by atoms with E-state index in [0.29, 0.717) is 27.9 Å². The minimum Gasteiger partial charge on any atom is -0.366 e. The van der Waals surface area contributed by atoms with Crippen LogP contribution in [0.2, 0.25) is 0 Å². The summed E-state index contributed by atoms with van der Waals surface area (Å²) in [5.41, 5.74) is 7.37. The van der Waals surface area contributed by atoms with E-state index < -0.39 is 23.5 Å². The number of nitrogens with zero attached hydrogens (tertiary/aromatic N) is 1. The van der Waals surface area contributed by atoms with Crippen LogP contribution in [0, 0.1) is 11.9 Å². The maximum atomic E-state index is 14.6. The van der Waals surface area contributed by atoms with Gasteiger partial charge in [-0.3, -0.25) is 4.79 Å². The van der Waals surface area contributed by atoms with Gasteiger partial charge in [-0.2, -0.15) is 13.2 Å². The van der Waals surface area contributed by atoms with Gasteiger partial charge in [-0.25, -0.2) is 4.39 Å². The van der Waals surface area contributed by atoms with Crippen molar-refractivity contribution in [2.45, 2.75) is 38.9 Å². The highest BCUT2D eigenvalue weighted by molar-refractivity contribution is 6.17. The molecule has 0 spiro atoms. The van der Waals surface area contributed by atoms with Gasteiger partial charge in [0.05, 0.1) is 23.1 Å². The van der Waals surface area contributed by atoms with E-state index in [2.05, 4.69) is 13.0 Å².